The quantitative estimate of drug-likeness (QED) is 0.716. The Hall–Kier alpha value is -1.42. The van der Waals surface area contributed by atoms with Crippen LogP contribution in [-0.4, -0.2) is 24.6 Å². The Morgan fingerprint density at radius 3 is 2.93 bits per heavy atom. The molecule has 1 rings (SSSR count). The predicted molar refractivity (Wildman–Crippen MR) is 52.8 cm³/mol. The molecule has 0 spiro atoms. The van der Waals surface area contributed by atoms with Gasteiger partial charge in [-0.3, -0.25) is 9.78 Å². The van der Waals surface area contributed by atoms with Crippen LogP contribution in [0.5, 0.6) is 0 Å². The molecule has 0 aliphatic carbocycles. The van der Waals surface area contributed by atoms with Crippen molar-refractivity contribution < 1.29 is 9.53 Å². The van der Waals surface area contributed by atoms with Crippen LogP contribution < -0.4 is 5.73 Å². The van der Waals surface area contributed by atoms with Crippen LogP contribution >= 0.6 is 0 Å². The molecule has 2 N–H and O–H groups in total. The maximum absolute atomic E-state index is 11.4. The fraction of sp³-hybridized carbons (Fsp3) is 0.400. The van der Waals surface area contributed by atoms with Gasteiger partial charge in [0.2, 0.25) is 0 Å². The second kappa shape index (κ2) is 4.72. The number of rotatable bonds is 3. The van der Waals surface area contributed by atoms with E-state index in [2.05, 4.69) is 9.72 Å². The second-order valence-electron chi connectivity index (χ2n) is 3.02. The maximum atomic E-state index is 11.4. The van der Waals surface area contributed by atoms with Crippen molar-refractivity contribution in [2.24, 2.45) is 5.73 Å². The molecule has 1 atom stereocenters. The Morgan fingerprint density at radius 1 is 1.71 bits per heavy atom. The van der Waals surface area contributed by atoms with Crippen LogP contribution in [0.15, 0.2) is 18.3 Å². The van der Waals surface area contributed by atoms with Crippen LogP contribution in [0.25, 0.3) is 0 Å². The highest BCUT2D eigenvalue weighted by molar-refractivity contribution is 5.78. The highest BCUT2D eigenvalue weighted by atomic mass is 16.5. The molecule has 1 aromatic rings. The summed E-state index contributed by atoms with van der Waals surface area (Å²) in [5, 5.41) is 0. The Bertz CT molecular complexity index is 326. The van der Waals surface area contributed by atoms with E-state index < -0.39 is 5.92 Å². The summed E-state index contributed by atoms with van der Waals surface area (Å²) in [4.78, 5) is 15.5. The Kier molecular flexibility index (Phi) is 3.59. The van der Waals surface area contributed by atoms with Crippen molar-refractivity contribution in [3.63, 3.8) is 0 Å². The van der Waals surface area contributed by atoms with Crippen LogP contribution in [0.1, 0.15) is 17.2 Å². The molecular weight excluding hydrogens is 180 g/mol. The van der Waals surface area contributed by atoms with Gasteiger partial charge in [-0.1, -0.05) is 6.07 Å². The molecule has 14 heavy (non-hydrogen) atoms. The summed E-state index contributed by atoms with van der Waals surface area (Å²) in [5.41, 5.74) is 7.16. The number of nitrogens with zero attached hydrogens (tertiary/aromatic N) is 1. The Morgan fingerprint density at radius 2 is 2.43 bits per heavy atom. The number of carbonyl (C=O) groups is 1. The van der Waals surface area contributed by atoms with E-state index in [0.717, 1.165) is 5.56 Å². The maximum Gasteiger partial charge on any atom is 0.316 e. The molecule has 4 heteroatoms. The van der Waals surface area contributed by atoms with Crippen molar-refractivity contribution in [3.05, 3.63) is 29.6 Å². The van der Waals surface area contributed by atoms with Crippen molar-refractivity contribution in [2.45, 2.75) is 12.8 Å². The van der Waals surface area contributed by atoms with Crippen LogP contribution in [-0.2, 0) is 9.53 Å². The summed E-state index contributed by atoms with van der Waals surface area (Å²) in [7, 11) is 1.35. The Balaban J connectivity index is 3.01. The third-order valence-corrected chi connectivity index (χ3v) is 2.10. The summed E-state index contributed by atoms with van der Waals surface area (Å²) in [5.74, 6) is -0.796. The number of hydrogen-bond acceptors (Lipinski definition) is 4. The molecule has 1 heterocycles. The van der Waals surface area contributed by atoms with Crippen LogP contribution in [0.3, 0.4) is 0 Å². The van der Waals surface area contributed by atoms with Gasteiger partial charge in [0.25, 0.3) is 0 Å². The van der Waals surface area contributed by atoms with Gasteiger partial charge in [0.05, 0.1) is 12.8 Å². The van der Waals surface area contributed by atoms with E-state index in [-0.39, 0.29) is 12.5 Å². The van der Waals surface area contributed by atoms with Crippen molar-refractivity contribution in [1.82, 2.24) is 4.98 Å². The number of aromatic nitrogens is 1. The molecule has 0 bridgehead atoms. The minimum atomic E-state index is -0.457. The van der Waals surface area contributed by atoms with Crippen LogP contribution in [0.2, 0.25) is 0 Å². The summed E-state index contributed by atoms with van der Waals surface area (Å²) in [6.45, 7) is 2.11. The Labute approximate surface area is 83.1 Å². The number of aryl methyl sites for hydroxylation is 1. The highest BCUT2D eigenvalue weighted by Crippen LogP contribution is 2.16. The normalized spacial score (nSPS) is 12.2. The van der Waals surface area contributed by atoms with Crippen molar-refractivity contribution >= 4 is 5.97 Å². The molecule has 0 amide bonds. The lowest BCUT2D eigenvalue weighted by Gasteiger charge is -2.13. The average Bonchev–Trinajstić information content (AvgIpc) is 2.21. The fourth-order valence-electron chi connectivity index (χ4n) is 1.32. The van der Waals surface area contributed by atoms with Gasteiger partial charge in [0.15, 0.2) is 0 Å². The minimum absolute atomic E-state index is 0.213. The molecule has 4 nitrogen and oxygen atoms in total. The van der Waals surface area contributed by atoms with E-state index in [1.165, 1.54) is 7.11 Å². The first-order valence-corrected chi connectivity index (χ1v) is 4.40. The molecule has 76 valence electrons. The number of pyridine rings is 1. The largest absolute Gasteiger partial charge is 0.468 e. The molecule has 0 aliphatic rings. The number of ether oxygens (including phenoxy) is 1. The van der Waals surface area contributed by atoms with Crippen LogP contribution in [0, 0.1) is 6.92 Å². The van der Waals surface area contributed by atoms with Crippen molar-refractivity contribution in [1.29, 1.82) is 0 Å². The molecule has 0 fully saturated rings. The lowest BCUT2D eigenvalue weighted by atomic mass is 10.0. The number of nitrogens with two attached hydrogens (primary N) is 1. The zero-order chi connectivity index (χ0) is 10.6. The highest BCUT2D eigenvalue weighted by Gasteiger charge is 2.22. The minimum Gasteiger partial charge on any atom is -0.468 e. The molecule has 1 unspecified atom stereocenters. The summed E-state index contributed by atoms with van der Waals surface area (Å²) in [6.07, 6.45) is 1.65. The van der Waals surface area contributed by atoms with Crippen molar-refractivity contribution in [3.8, 4) is 0 Å². The molecule has 0 aliphatic heterocycles. The topological polar surface area (TPSA) is 65.2 Å². The standard InChI is InChI=1S/C10H14N2O2/c1-7-4-3-5-12-9(7)8(6-11)10(13)14-2/h3-5,8H,6,11H2,1-2H3. The van der Waals surface area contributed by atoms with E-state index in [1.807, 2.05) is 19.1 Å². The summed E-state index contributed by atoms with van der Waals surface area (Å²) >= 11 is 0. The first-order valence-electron chi connectivity index (χ1n) is 4.40. The van der Waals surface area contributed by atoms with Gasteiger partial charge in [-0.2, -0.15) is 0 Å². The van der Waals surface area contributed by atoms with Gasteiger partial charge in [0.1, 0.15) is 5.92 Å². The van der Waals surface area contributed by atoms with Gasteiger partial charge in [0, 0.05) is 12.7 Å². The van der Waals surface area contributed by atoms with E-state index in [0.29, 0.717) is 5.69 Å². The summed E-state index contributed by atoms with van der Waals surface area (Å²) < 4.78 is 4.65. The zero-order valence-electron chi connectivity index (χ0n) is 8.36. The monoisotopic (exact) mass is 194 g/mol. The number of carbonyl (C=O) groups excluding carboxylic acids is 1. The number of hydrogen-bond donors (Lipinski definition) is 1. The molecule has 0 aromatic carbocycles. The van der Waals surface area contributed by atoms with Gasteiger partial charge in [-0.15, -0.1) is 0 Å². The lowest BCUT2D eigenvalue weighted by molar-refractivity contribution is -0.142. The van der Waals surface area contributed by atoms with E-state index in [9.17, 15) is 4.79 Å². The third-order valence-electron chi connectivity index (χ3n) is 2.10. The molecule has 1 aromatic heterocycles. The predicted octanol–water partition coefficient (Wildman–Crippen LogP) is 0.605. The first-order chi connectivity index (χ1) is 6.70. The fourth-order valence-corrected chi connectivity index (χ4v) is 1.32. The lowest BCUT2D eigenvalue weighted by Crippen LogP contribution is -2.24. The van der Waals surface area contributed by atoms with Gasteiger partial charge in [-0.25, -0.2) is 0 Å². The van der Waals surface area contributed by atoms with Gasteiger partial charge < -0.3 is 10.5 Å². The summed E-state index contributed by atoms with van der Waals surface area (Å²) in [6, 6.07) is 3.72. The van der Waals surface area contributed by atoms with Gasteiger partial charge in [-0.05, 0) is 18.6 Å². The first kappa shape index (κ1) is 10.7. The van der Waals surface area contributed by atoms with Gasteiger partial charge >= 0.3 is 5.97 Å². The van der Waals surface area contributed by atoms with E-state index >= 15 is 0 Å². The smallest absolute Gasteiger partial charge is 0.316 e. The second-order valence-corrected chi connectivity index (χ2v) is 3.02. The molecule has 0 saturated heterocycles. The van der Waals surface area contributed by atoms with Crippen LogP contribution in [0.4, 0.5) is 0 Å². The van der Waals surface area contributed by atoms with Crippen molar-refractivity contribution in [2.75, 3.05) is 13.7 Å². The SMILES string of the molecule is COC(=O)C(CN)c1ncccc1C. The molecule has 0 saturated carbocycles. The number of methoxy groups -OCH3 is 1. The number of esters is 1. The molecular formula is C10H14N2O2. The van der Waals surface area contributed by atoms with E-state index in [1.54, 1.807) is 6.20 Å². The third kappa shape index (κ3) is 2.09. The average molecular weight is 194 g/mol. The van der Waals surface area contributed by atoms with E-state index in [4.69, 9.17) is 5.73 Å². The molecule has 0 radical (unpaired) electrons. The zero-order valence-corrected chi connectivity index (χ0v) is 8.36.